The number of fused-ring (bicyclic) bond motifs is 1. The van der Waals surface area contributed by atoms with E-state index in [1.165, 1.54) is 18.5 Å². The van der Waals surface area contributed by atoms with Gasteiger partial charge in [-0.1, -0.05) is 6.92 Å². The Kier molecular flexibility index (Phi) is 5.20. The molecule has 174 valence electrons. The number of aromatic nitrogens is 3. The number of pyridine rings is 1. The summed E-state index contributed by atoms with van der Waals surface area (Å²) < 4.78 is 14.9. The molecular weight excluding hydrogens is 437 g/mol. The highest BCUT2D eigenvalue weighted by Gasteiger charge is 2.54. The minimum Gasteiger partial charge on any atom is -0.378 e. The summed E-state index contributed by atoms with van der Waals surface area (Å²) in [6.07, 6.45) is 6.65. The highest BCUT2D eigenvalue weighted by molar-refractivity contribution is 6.02. The Balaban J connectivity index is 1.50. The van der Waals surface area contributed by atoms with Gasteiger partial charge in [0.1, 0.15) is 5.41 Å². The summed E-state index contributed by atoms with van der Waals surface area (Å²) in [5, 5.41) is 17.2. The first-order valence-electron chi connectivity index (χ1n) is 11.3. The highest BCUT2D eigenvalue weighted by Crippen LogP contribution is 2.47. The fraction of sp³-hybridized carbons (Fsp3) is 0.375. The number of nitrogens with two attached hydrogens (primary N) is 1. The second-order valence-electron chi connectivity index (χ2n) is 9.05. The minimum absolute atomic E-state index is 0.110. The van der Waals surface area contributed by atoms with Crippen LogP contribution in [0.15, 0.2) is 36.8 Å². The molecule has 0 radical (unpaired) electrons. The third kappa shape index (κ3) is 3.63. The van der Waals surface area contributed by atoms with Gasteiger partial charge in [-0.3, -0.25) is 9.59 Å². The number of nitrogens with one attached hydrogen (secondary N) is 1. The van der Waals surface area contributed by atoms with Crippen LogP contribution in [-0.2, 0) is 4.79 Å². The number of hydrogen-bond acceptors (Lipinski definition) is 6. The molecule has 4 heterocycles. The van der Waals surface area contributed by atoms with Gasteiger partial charge in [0.05, 0.1) is 29.0 Å². The Labute approximate surface area is 195 Å². The van der Waals surface area contributed by atoms with Gasteiger partial charge in [0, 0.05) is 42.7 Å². The number of carbonyl (C=O) groups excluding carboxylic acids is 2. The molecule has 2 amide bonds. The van der Waals surface area contributed by atoms with Gasteiger partial charge in [-0.15, -0.1) is 0 Å². The maximum atomic E-state index is 13.3. The number of nitriles is 1. The normalized spacial score (nSPS) is 20.8. The Morgan fingerprint density at radius 3 is 2.71 bits per heavy atom. The van der Waals surface area contributed by atoms with Crippen molar-refractivity contribution < 1.29 is 14.0 Å². The van der Waals surface area contributed by atoms with Crippen LogP contribution in [0, 0.1) is 28.6 Å². The van der Waals surface area contributed by atoms with Gasteiger partial charge in [0.15, 0.2) is 0 Å². The summed E-state index contributed by atoms with van der Waals surface area (Å²) in [4.78, 5) is 30.7. The molecule has 0 spiro atoms. The van der Waals surface area contributed by atoms with Crippen molar-refractivity contribution in [3.8, 4) is 17.2 Å². The van der Waals surface area contributed by atoms with Crippen molar-refractivity contribution in [2.75, 3.05) is 18.4 Å². The predicted octanol–water partition coefficient (Wildman–Crippen LogP) is 2.59. The fourth-order valence-electron chi connectivity index (χ4n) is 4.70. The van der Waals surface area contributed by atoms with Crippen LogP contribution in [0.2, 0.25) is 0 Å². The second kappa shape index (κ2) is 8.09. The topological polar surface area (TPSA) is 129 Å². The van der Waals surface area contributed by atoms with E-state index in [-0.39, 0.29) is 23.4 Å². The molecule has 3 aromatic heterocycles. The quantitative estimate of drug-likeness (QED) is 0.543. The van der Waals surface area contributed by atoms with Crippen LogP contribution in [0.25, 0.3) is 16.6 Å². The van der Waals surface area contributed by atoms with Crippen molar-refractivity contribution in [2.24, 2.45) is 17.1 Å². The van der Waals surface area contributed by atoms with E-state index in [0.717, 1.165) is 12.0 Å². The Morgan fingerprint density at radius 2 is 2.09 bits per heavy atom. The van der Waals surface area contributed by atoms with E-state index in [1.54, 1.807) is 21.7 Å². The Bertz CT molecular complexity index is 1320. The average Bonchev–Trinajstić information content (AvgIpc) is 3.34. The molecule has 3 N–H and O–H groups in total. The van der Waals surface area contributed by atoms with Gasteiger partial charge >= 0.3 is 0 Å². The summed E-state index contributed by atoms with van der Waals surface area (Å²) in [5.74, 6) is -1.16. The lowest BCUT2D eigenvalue weighted by atomic mass is 10.00. The smallest absolute Gasteiger partial charge is 0.252 e. The van der Waals surface area contributed by atoms with Gasteiger partial charge in [-0.25, -0.2) is 9.50 Å². The van der Waals surface area contributed by atoms with Gasteiger partial charge in [-0.05, 0) is 43.4 Å². The van der Waals surface area contributed by atoms with Crippen LogP contribution in [0.3, 0.4) is 0 Å². The Hall–Kier alpha value is -4.00. The number of likely N-dealkylation sites (tertiary alicyclic amines) is 1. The van der Waals surface area contributed by atoms with Gasteiger partial charge in [-0.2, -0.15) is 14.8 Å². The first kappa shape index (κ1) is 21.8. The summed E-state index contributed by atoms with van der Waals surface area (Å²) >= 11 is 0. The molecule has 2 fully saturated rings. The zero-order chi connectivity index (χ0) is 24.0. The molecule has 1 saturated carbocycles. The number of primary amides is 1. The minimum atomic E-state index is -0.866. The van der Waals surface area contributed by atoms with Crippen molar-refractivity contribution in [2.45, 2.75) is 32.2 Å². The maximum absolute atomic E-state index is 13.3. The lowest BCUT2D eigenvalue weighted by Gasteiger charge is -2.22. The molecule has 10 heteroatoms. The number of rotatable bonds is 6. The van der Waals surface area contributed by atoms with E-state index in [2.05, 4.69) is 28.4 Å². The monoisotopic (exact) mass is 461 g/mol. The molecule has 3 aromatic rings. The molecule has 1 aliphatic carbocycles. The number of hydrogen-bond donors (Lipinski definition) is 2. The molecule has 0 bridgehead atoms. The molecule has 9 nitrogen and oxygen atoms in total. The van der Waals surface area contributed by atoms with E-state index in [4.69, 9.17) is 5.73 Å². The number of amides is 2. The zero-order valence-corrected chi connectivity index (χ0v) is 18.7. The molecule has 34 heavy (non-hydrogen) atoms. The molecule has 0 unspecified atom stereocenters. The van der Waals surface area contributed by atoms with Crippen LogP contribution in [0.1, 0.15) is 36.5 Å². The second-order valence-corrected chi connectivity index (χ2v) is 9.05. The van der Waals surface area contributed by atoms with Crippen molar-refractivity contribution in [1.29, 1.82) is 5.26 Å². The third-order valence-electron chi connectivity index (χ3n) is 6.92. The van der Waals surface area contributed by atoms with Crippen LogP contribution in [-0.4, -0.2) is 50.4 Å². The maximum Gasteiger partial charge on any atom is 0.252 e. The van der Waals surface area contributed by atoms with E-state index >= 15 is 0 Å². The van der Waals surface area contributed by atoms with Crippen LogP contribution in [0.4, 0.5) is 10.1 Å². The largest absolute Gasteiger partial charge is 0.378 e. The van der Waals surface area contributed by atoms with E-state index in [9.17, 15) is 19.2 Å². The molecule has 1 aliphatic heterocycles. The first-order chi connectivity index (χ1) is 16.3. The lowest BCUT2D eigenvalue weighted by Crippen LogP contribution is -2.36. The summed E-state index contributed by atoms with van der Waals surface area (Å²) in [7, 11) is 0. The molecule has 5 rings (SSSR count). The van der Waals surface area contributed by atoms with Gasteiger partial charge < -0.3 is 16.0 Å². The van der Waals surface area contributed by atoms with Crippen LogP contribution >= 0.6 is 0 Å². The number of halogens is 1. The molecule has 1 saturated heterocycles. The SMILES string of the molecule is CC[C@H]1CN(C(=O)C2(C#N)CC2)C[C@H]1Nc1c(C(N)=O)cnn2cc(-c3ccc(F)nc3)cc12. The van der Waals surface area contributed by atoms with Crippen molar-refractivity contribution >= 4 is 23.0 Å². The summed E-state index contributed by atoms with van der Waals surface area (Å²) in [6.45, 7) is 3.04. The highest BCUT2D eigenvalue weighted by atomic mass is 19.1. The van der Waals surface area contributed by atoms with Gasteiger partial charge in [0.25, 0.3) is 5.91 Å². The van der Waals surface area contributed by atoms with E-state index in [0.29, 0.717) is 42.7 Å². The van der Waals surface area contributed by atoms with E-state index < -0.39 is 17.3 Å². The Morgan fingerprint density at radius 1 is 1.29 bits per heavy atom. The molecule has 2 aliphatic rings. The van der Waals surface area contributed by atoms with Crippen molar-refractivity contribution in [3.63, 3.8) is 0 Å². The van der Waals surface area contributed by atoms with Crippen molar-refractivity contribution in [1.82, 2.24) is 19.5 Å². The van der Waals surface area contributed by atoms with Crippen LogP contribution in [0.5, 0.6) is 0 Å². The molecule has 2 atom stereocenters. The zero-order valence-electron chi connectivity index (χ0n) is 18.7. The number of anilines is 1. The molecular formula is C24H24FN7O2. The summed E-state index contributed by atoms with van der Waals surface area (Å²) in [5.41, 5.74) is 7.65. The van der Waals surface area contributed by atoms with Crippen LogP contribution < -0.4 is 11.1 Å². The fourth-order valence-corrected chi connectivity index (χ4v) is 4.70. The van der Waals surface area contributed by atoms with E-state index in [1.807, 2.05) is 6.07 Å². The van der Waals surface area contributed by atoms with Gasteiger partial charge in [0.2, 0.25) is 11.9 Å². The lowest BCUT2D eigenvalue weighted by molar-refractivity contribution is -0.134. The summed E-state index contributed by atoms with van der Waals surface area (Å²) in [6, 6.07) is 6.80. The third-order valence-corrected chi connectivity index (χ3v) is 6.92. The number of nitrogens with zero attached hydrogens (tertiary/aromatic N) is 5. The standard InChI is InChI=1S/C24H24FN7O2/c1-2-14-10-31(23(34)24(13-26)5-6-24)12-18(14)30-21-17(22(27)33)9-29-32-11-16(7-19(21)32)15-3-4-20(25)28-8-15/h3-4,7-9,11,14,18,30H,2,5-6,10,12H2,1H3,(H2,27,33)/t14-,18+/m0/s1. The number of carbonyl (C=O) groups is 2. The van der Waals surface area contributed by atoms with Crippen molar-refractivity contribution in [3.05, 3.63) is 48.3 Å². The predicted molar refractivity (Wildman–Crippen MR) is 122 cm³/mol. The first-order valence-corrected chi connectivity index (χ1v) is 11.3. The molecule has 0 aromatic carbocycles. The average molecular weight is 462 g/mol.